The van der Waals surface area contributed by atoms with Crippen molar-refractivity contribution >= 4 is 27.5 Å². The second kappa shape index (κ2) is 7.47. The monoisotopic (exact) mass is 393 g/mol. The van der Waals surface area contributed by atoms with Gasteiger partial charge in [0.25, 0.3) is 0 Å². The molecular formula is C18H24BrN3O2. The van der Waals surface area contributed by atoms with Crippen molar-refractivity contribution in [1.29, 1.82) is 0 Å². The van der Waals surface area contributed by atoms with E-state index in [0.29, 0.717) is 31.0 Å². The van der Waals surface area contributed by atoms with Gasteiger partial charge in [0.05, 0.1) is 0 Å². The number of anilines is 1. The van der Waals surface area contributed by atoms with Crippen molar-refractivity contribution in [2.24, 2.45) is 0 Å². The summed E-state index contributed by atoms with van der Waals surface area (Å²) in [5.41, 5.74) is 1.86. The number of carbonyl (C=O) groups is 1. The van der Waals surface area contributed by atoms with Gasteiger partial charge in [-0.1, -0.05) is 41.9 Å². The predicted octanol–water partition coefficient (Wildman–Crippen LogP) is 4.42. The van der Waals surface area contributed by atoms with Crippen molar-refractivity contribution in [3.05, 3.63) is 40.0 Å². The van der Waals surface area contributed by atoms with Crippen LogP contribution < -0.4 is 4.90 Å². The highest BCUT2D eigenvalue weighted by Crippen LogP contribution is 2.24. The fourth-order valence-electron chi connectivity index (χ4n) is 2.35. The van der Waals surface area contributed by atoms with Crippen LogP contribution in [-0.2, 0) is 16.6 Å². The van der Waals surface area contributed by atoms with Gasteiger partial charge in [-0.15, -0.1) is 0 Å². The largest absolute Gasteiger partial charge is 0.339 e. The Kier molecular flexibility index (Phi) is 5.80. The normalized spacial score (nSPS) is 11.6. The molecule has 0 aliphatic heterocycles. The first-order chi connectivity index (χ1) is 11.2. The van der Waals surface area contributed by atoms with Gasteiger partial charge in [-0.2, -0.15) is 4.98 Å². The average Bonchev–Trinajstić information content (AvgIpc) is 2.95. The van der Waals surface area contributed by atoms with E-state index >= 15 is 0 Å². The van der Waals surface area contributed by atoms with Crippen molar-refractivity contribution in [2.45, 2.75) is 52.4 Å². The molecule has 0 spiro atoms. The first-order valence-electron chi connectivity index (χ1n) is 8.04. The highest BCUT2D eigenvalue weighted by atomic mass is 79.9. The number of amides is 1. The summed E-state index contributed by atoms with van der Waals surface area (Å²) < 4.78 is 6.27. The zero-order valence-electron chi connectivity index (χ0n) is 14.9. The molecule has 0 saturated carbocycles. The zero-order chi connectivity index (χ0) is 17.9. The lowest BCUT2D eigenvalue weighted by atomic mass is 9.96. The summed E-state index contributed by atoms with van der Waals surface area (Å²) in [4.78, 5) is 18.5. The Morgan fingerprint density at radius 2 is 2.04 bits per heavy atom. The molecule has 5 nitrogen and oxygen atoms in total. The van der Waals surface area contributed by atoms with E-state index in [1.165, 1.54) is 0 Å². The zero-order valence-corrected chi connectivity index (χ0v) is 16.5. The molecule has 0 saturated heterocycles. The number of hydrogen-bond donors (Lipinski definition) is 0. The minimum Gasteiger partial charge on any atom is -0.339 e. The average molecular weight is 394 g/mol. The molecule has 0 fully saturated rings. The SMILES string of the molecule is Cc1cc(Br)ccc1N(C)C(=O)CCCc1nc(C(C)(C)C)no1. The predicted molar refractivity (Wildman–Crippen MR) is 98.2 cm³/mol. The van der Waals surface area contributed by atoms with Crippen molar-refractivity contribution in [2.75, 3.05) is 11.9 Å². The van der Waals surface area contributed by atoms with E-state index in [4.69, 9.17) is 4.52 Å². The fourth-order valence-corrected chi connectivity index (χ4v) is 2.82. The molecule has 1 aromatic heterocycles. The molecule has 1 amide bonds. The maximum Gasteiger partial charge on any atom is 0.226 e. The van der Waals surface area contributed by atoms with Crippen LogP contribution in [0.25, 0.3) is 0 Å². The van der Waals surface area contributed by atoms with Gasteiger partial charge in [0.1, 0.15) is 0 Å². The maximum absolute atomic E-state index is 12.4. The van der Waals surface area contributed by atoms with E-state index in [0.717, 1.165) is 15.7 Å². The number of rotatable bonds is 5. The van der Waals surface area contributed by atoms with E-state index in [9.17, 15) is 4.79 Å². The molecule has 24 heavy (non-hydrogen) atoms. The number of hydrogen-bond acceptors (Lipinski definition) is 4. The summed E-state index contributed by atoms with van der Waals surface area (Å²) in [6.07, 6.45) is 1.74. The van der Waals surface area contributed by atoms with E-state index in [-0.39, 0.29) is 11.3 Å². The third-order valence-corrected chi connectivity index (χ3v) is 4.31. The minimum atomic E-state index is -0.128. The Morgan fingerprint density at radius 3 is 2.62 bits per heavy atom. The summed E-state index contributed by atoms with van der Waals surface area (Å²) in [5, 5.41) is 4.00. The van der Waals surface area contributed by atoms with Crippen molar-refractivity contribution in [3.8, 4) is 0 Å². The van der Waals surface area contributed by atoms with Crippen LogP contribution in [0.15, 0.2) is 27.2 Å². The van der Waals surface area contributed by atoms with Crippen LogP contribution in [0.3, 0.4) is 0 Å². The van der Waals surface area contributed by atoms with Crippen LogP contribution in [-0.4, -0.2) is 23.1 Å². The van der Waals surface area contributed by atoms with Gasteiger partial charge in [0, 0.05) is 35.5 Å². The van der Waals surface area contributed by atoms with Crippen LogP contribution in [0.1, 0.15) is 50.9 Å². The first-order valence-corrected chi connectivity index (χ1v) is 8.83. The number of carbonyl (C=O) groups excluding carboxylic acids is 1. The molecule has 0 aliphatic rings. The Bertz CT molecular complexity index is 719. The maximum atomic E-state index is 12.4. The number of aryl methyl sites for hydroxylation is 2. The van der Waals surface area contributed by atoms with Gasteiger partial charge < -0.3 is 9.42 Å². The van der Waals surface area contributed by atoms with Gasteiger partial charge in [-0.05, 0) is 37.1 Å². The highest BCUT2D eigenvalue weighted by Gasteiger charge is 2.21. The number of benzene rings is 1. The molecule has 0 aliphatic carbocycles. The molecule has 0 unspecified atom stereocenters. The number of halogens is 1. The highest BCUT2D eigenvalue weighted by molar-refractivity contribution is 9.10. The fraction of sp³-hybridized carbons (Fsp3) is 0.500. The minimum absolute atomic E-state index is 0.0796. The quantitative estimate of drug-likeness (QED) is 0.753. The lowest BCUT2D eigenvalue weighted by molar-refractivity contribution is -0.118. The summed E-state index contributed by atoms with van der Waals surface area (Å²) in [6, 6.07) is 5.90. The van der Waals surface area contributed by atoms with Crippen molar-refractivity contribution in [1.82, 2.24) is 10.1 Å². The molecule has 6 heteroatoms. The van der Waals surface area contributed by atoms with Gasteiger partial charge >= 0.3 is 0 Å². The smallest absolute Gasteiger partial charge is 0.226 e. The van der Waals surface area contributed by atoms with Gasteiger partial charge in [-0.25, -0.2) is 0 Å². The first kappa shape index (κ1) is 18.6. The second-order valence-corrected chi connectivity index (χ2v) is 7.91. The van der Waals surface area contributed by atoms with Crippen LogP contribution in [0.4, 0.5) is 5.69 Å². The van der Waals surface area contributed by atoms with Crippen LogP contribution in [0, 0.1) is 6.92 Å². The van der Waals surface area contributed by atoms with E-state index in [1.807, 2.05) is 52.9 Å². The summed E-state index contributed by atoms with van der Waals surface area (Å²) in [7, 11) is 1.81. The van der Waals surface area contributed by atoms with Gasteiger partial charge in [-0.3, -0.25) is 4.79 Å². The van der Waals surface area contributed by atoms with E-state index in [1.54, 1.807) is 4.90 Å². The summed E-state index contributed by atoms with van der Waals surface area (Å²) >= 11 is 3.44. The Hall–Kier alpha value is -1.69. The third kappa shape index (κ3) is 4.66. The molecule has 130 valence electrons. The molecule has 0 radical (unpaired) electrons. The molecule has 1 heterocycles. The molecule has 0 N–H and O–H groups in total. The van der Waals surface area contributed by atoms with Crippen LogP contribution in [0.5, 0.6) is 0 Å². The van der Waals surface area contributed by atoms with Crippen molar-refractivity contribution < 1.29 is 9.32 Å². The summed E-state index contributed by atoms with van der Waals surface area (Å²) in [6.45, 7) is 8.12. The lowest BCUT2D eigenvalue weighted by Gasteiger charge is -2.19. The van der Waals surface area contributed by atoms with E-state index in [2.05, 4.69) is 26.1 Å². The Balaban J connectivity index is 1.90. The molecule has 0 bridgehead atoms. The molecule has 2 aromatic rings. The van der Waals surface area contributed by atoms with E-state index < -0.39 is 0 Å². The number of aromatic nitrogens is 2. The van der Waals surface area contributed by atoms with Crippen molar-refractivity contribution in [3.63, 3.8) is 0 Å². The van der Waals surface area contributed by atoms with Crippen LogP contribution in [0.2, 0.25) is 0 Å². The third-order valence-electron chi connectivity index (χ3n) is 3.81. The van der Waals surface area contributed by atoms with Gasteiger partial charge in [0.15, 0.2) is 5.82 Å². The molecule has 2 rings (SSSR count). The Labute approximate surface area is 151 Å². The van der Waals surface area contributed by atoms with Crippen LogP contribution >= 0.6 is 15.9 Å². The standard InChI is InChI=1S/C18H24BrN3O2/c1-12-11-13(19)9-10-14(12)22(5)16(23)8-6-7-15-20-17(21-24-15)18(2,3)4/h9-11H,6-8H2,1-5H3. The Morgan fingerprint density at radius 1 is 1.33 bits per heavy atom. The summed E-state index contributed by atoms with van der Waals surface area (Å²) in [5.74, 6) is 1.37. The second-order valence-electron chi connectivity index (χ2n) is 7.00. The number of nitrogens with zero attached hydrogens (tertiary/aromatic N) is 3. The van der Waals surface area contributed by atoms with Gasteiger partial charge in [0.2, 0.25) is 11.8 Å². The molecule has 0 atom stereocenters. The molecule has 1 aromatic carbocycles. The molecular weight excluding hydrogens is 370 g/mol. The topological polar surface area (TPSA) is 59.2 Å². The lowest BCUT2D eigenvalue weighted by Crippen LogP contribution is -2.26.